The lowest BCUT2D eigenvalue weighted by molar-refractivity contribution is -0.130. The third-order valence-corrected chi connectivity index (χ3v) is 4.64. The Balaban J connectivity index is 1.84. The van der Waals surface area contributed by atoms with Crippen LogP contribution in [0.2, 0.25) is 0 Å². The Bertz CT molecular complexity index is 513. The van der Waals surface area contributed by atoms with Gasteiger partial charge in [0.2, 0.25) is 5.91 Å². The van der Waals surface area contributed by atoms with Crippen molar-refractivity contribution in [1.29, 1.82) is 0 Å². The molecule has 2 unspecified atom stereocenters. The number of hydrogen-bond donors (Lipinski definition) is 1. The number of nitrogens with one attached hydrogen (secondary N) is 1. The summed E-state index contributed by atoms with van der Waals surface area (Å²) in [4.78, 5) is 14.3. The molecule has 1 aliphatic carbocycles. The Morgan fingerprint density at radius 2 is 2.05 bits per heavy atom. The molecule has 102 valence electrons. The second-order valence-corrected chi connectivity index (χ2v) is 6.87. The van der Waals surface area contributed by atoms with Crippen molar-refractivity contribution >= 4 is 16.7 Å². The van der Waals surface area contributed by atoms with E-state index in [4.69, 9.17) is 0 Å². The maximum Gasteiger partial charge on any atom is 0.244 e. The second-order valence-electron chi connectivity index (χ2n) is 5.32. The zero-order valence-electron chi connectivity index (χ0n) is 11.0. The largest absolute Gasteiger partial charge is 0.320 e. The van der Waals surface area contributed by atoms with Gasteiger partial charge in [-0.15, -0.1) is 0 Å². The van der Waals surface area contributed by atoms with Gasteiger partial charge < -0.3 is 4.90 Å². The first-order valence-electron chi connectivity index (χ1n) is 6.56. The van der Waals surface area contributed by atoms with E-state index in [-0.39, 0.29) is 17.6 Å². The lowest BCUT2D eigenvalue weighted by Crippen LogP contribution is -2.34. The van der Waals surface area contributed by atoms with Gasteiger partial charge >= 0.3 is 0 Å². The highest BCUT2D eigenvalue weighted by Crippen LogP contribution is 2.45. The first kappa shape index (κ1) is 12.8. The van der Waals surface area contributed by atoms with Crippen molar-refractivity contribution < 1.29 is 9.00 Å². The normalized spacial score (nSPS) is 25.8. The minimum atomic E-state index is -0.874. The molecule has 1 aliphatic heterocycles. The van der Waals surface area contributed by atoms with Gasteiger partial charge in [0.05, 0.1) is 0 Å². The highest BCUT2D eigenvalue weighted by atomic mass is 32.2. The van der Waals surface area contributed by atoms with Gasteiger partial charge in [0, 0.05) is 29.4 Å². The third kappa shape index (κ3) is 2.32. The number of carbonyl (C=O) groups excluding carboxylic acids is 1. The van der Waals surface area contributed by atoms with E-state index < -0.39 is 10.8 Å². The van der Waals surface area contributed by atoms with E-state index in [1.54, 1.807) is 6.26 Å². The van der Waals surface area contributed by atoms with Gasteiger partial charge in [0.15, 0.2) is 0 Å². The molecule has 2 atom stereocenters. The van der Waals surface area contributed by atoms with Gasteiger partial charge in [0.1, 0.15) is 11.7 Å². The summed E-state index contributed by atoms with van der Waals surface area (Å²) in [6.07, 6.45) is 3.44. The van der Waals surface area contributed by atoms with Crippen LogP contribution in [-0.4, -0.2) is 39.1 Å². The molecule has 2 aliphatic rings. The average Bonchev–Trinajstić information content (AvgIpc) is 3.13. The van der Waals surface area contributed by atoms with Crippen LogP contribution >= 0.6 is 0 Å². The molecule has 1 saturated carbocycles. The van der Waals surface area contributed by atoms with Crippen LogP contribution in [0.4, 0.5) is 0 Å². The van der Waals surface area contributed by atoms with Crippen molar-refractivity contribution in [3.05, 3.63) is 35.9 Å². The van der Waals surface area contributed by atoms with Gasteiger partial charge in [-0.05, 0) is 18.4 Å². The summed E-state index contributed by atoms with van der Waals surface area (Å²) in [5.41, 5.74) is 0.775. The lowest BCUT2D eigenvalue weighted by atomic mass is 10.1. The van der Waals surface area contributed by atoms with Crippen molar-refractivity contribution in [3.63, 3.8) is 0 Å². The summed E-state index contributed by atoms with van der Waals surface area (Å²) < 4.78 is 11.3. The molecule has 19 heavy (non-hydrogen) atoms. The van der Waals surface area contributed by atoms with Gasteiger partial charge in [-0.3, -0.25) is 14.3 Å². The molecule has 0 aromatic heterocycles. The molecule has 1 N–H and O–H groups in total. The Kier molecular flexibility index (Phi) is 3.19. The van der Waals surface area contributed by atoms with Crippen LogP contribution in [-0.2, 0) is 15.6 Å². The predicted octanol–water partition coefficient (Wildman–Crippen LogP) is 1.03. The van der Waals surface area contributed by atoms with Crippen LogP contribution in [0.5, 0.6) is 0 Å². The highest BCUT2D eigenvalue weighted by molar-refractivity contribution is 7.84. The van der Waals surface area contributed by atoms with E-state index in [0.717, 1.165) is 18.4 Å². The standard InChI is InChI=1S/C14H18N2O2S/c1-19(18)10-9-16-12(11-5-3-2-4-6-11)15-14(7-8-14)13(16)17/h2-6,12,15H,7-10H2,1H3. The van der Waals surface area contributed by atoms with Crippen LogP contribution in [0.25, 0.3) is 0 Å². The fraction of sp³-hybridized carbons (Fsp3) is 0.500. The molecule has 1 heterocycles. The summed E-state index contributed by atoms with van der Waals surface area (Å²) >= 11 is 0. The summed E-state index contributed by atoms with van der Waals surface area (Å²) in [7, 11) is -0.874. The third-order valence-electron chi connectivity index (χ3n) is 3.88. The summed E-state index contributed by atoms with van der Waals surface area (Å²) in [6, 6.07) is 9.99. The molecule has 2 fully saturated rings. The number of hydrogen-bond acceptors (Lipinski definition) is 3. The maximum absolute atomic E-state index is 12.5. The molecule has 0 radical (unpaired) electrons. The molecule has 0 bridgehead atoms. The molecule has 3 rings (SSSR count). The topological polar surface area (TPSA) is 49.4 Å². The first-order chi connectivity index (χ1) is 9.12. The second kappa shape index (κ2) is 4.72. The number of carbonyl (C=O) groups is 1. The fourth-order valence-corrected chi connectivity index (χ4v) is 3.09. The van der Waals surface area contributed by atoms with Crippen LogP contribution in [0, 0.1) is 0 Å². The van der Waals surface area contributed by atoms with Gasteiger partial charge in [-0.25, -0.2) is 0 Å². The Morgan fingerprint density at radius 1 is 1.37 bits per heavy atom. The fourth-order valence-electron chi connectivity index (χ4n) is 2.63. The van der Waals surface area contributed by atoms with Crippen molar-refractivity contribution in [2.75, 3.05) is 18.6 Å². The number of benzene rings is 1. The van der Waals surface area contributed by atoms with E-state index in [0.29, 0.717) is 12.3 Å². The summed E-state index contributed by atoms with van der Waals surface area (Å²) in [6.45, 7) is 0.552. The molecule has 1 saturated heterocycles. The summed E-state index contributed by atoms with van der Waals surface area (Å²) in [5.74, 6) is 0.708. The molecular formula is C14H18N2O2S. The molecule has 4 nitrogen and oxygen atoms in total. The molecule has 1 aromatic rings. The van der Waals surface area contributed by atoms with Gasteiger partial charge in [0.25, 0.3) is 0 Å². The minimum absolute atomic E-state index is 0.0697. The van der Waals surface area contributed by atoms with Crippen LogP contribution in [0.1, 0.15) is 24.6 Å². The Labute approximate surface area is 115 Å². The van der Waals surface area contributed by atoms with Gasteiger partial charge in [-0.2, -0.15) is 0 Å². The van der Waals surface area contributed by atoms with Crippen molar-refractivity contribution in [3.8, 4) is 0 Å². The maximum atomic E-state index is 12.5. The lowest BCUT2D eigenvalue weighted by Gasteiger charge is -2.24. The van der Waals surface area contributed by atoms with Crippen LogP contribution < -0.4 is 5.32 Å². The van der Waals surface area contributed by atoms with Crippen LogP contribution in [0.15, 0.2) is 30.3 Å². The Morgan fingerprint density at radius 3 is 2.63 bits per heavy atom. The Hall–Kier alpha value is -1.20. The predicted molar refractivity (Wildman–Crippen MR) is 74.9 cm³/mol. The van der Waals surface area contributed by atoms with Crippen molar-refractivity contribution in [2.24, 2.45) is 0 Å². The number of rotatable bonds is 4. The van der Waals surface area contributed by atoms with E-state index in [2.05, 4.69) is 5.32 Å². The molecule has 1 aromatic carbocycles. The van der Waals surface area contributed by atoms with Crippen molar-refractivity contribution in [2.45, 2.75) is 24.5 Å². The first-order valence-corrected chi connectivity index (χ1v) is 8.29. The SMILES string of the molecule is CS(=O)CCN1C(=O)C2(CC2)NC1c1ccccc1. The zero-order valence-corrected chi connectivity index (χ0v) is 11.8. The highest BCUT2D eigenvalue weighted by Gasteiger charge is 2.59. The van der Waals surface area contributed by atoms with E-state index in [1.165, 1.54) is 0 Å². The van der Waals surface area contributed by atoms with Gasteiger partial charge in [-0.1, -0.05) is 30.3 Å². The minimum Gasteiger partial charge on any atom is -0.320 e. The molecule has 1 amide bonds. The van der Waals surface area contributed by atoms with Crippen LogP contribution in [0.3, 0.4) is 0 Å². The summed E-state index contributed by atoms with van der Waals surface area (Å²) in [5, 5.41) is 3.46. The van der Waals surface area contributed by atoms with Crippen molar-refractivity contribution in [1.82, 2.24) is 10.2 Å². The van der Waals surface area contributed by atoms with E-state index in [1.807, 2.05) is 35.2 Å². The average molecular weight is 278 g/mol. The van der Waals surface area contributed by atoms with E-state index >= 15 is 0 Å². The zero-order chi connectivity index (χ0) is 13.5. The quantitative estimate of drug-likeness (QED) is 0.895. The number of amides is 1. The monoisotopic (exact) mass is 278 g/mol. The smallest absolute Gasteiger partial charge is 0.244 e. The molecule has 5 heteroatoms. The number of nitrogens with zero attached hydrogens (tertiary/aromatic N) is 1. The molecular weight excluding hydrogens is 260 g/mol. The molecule has 1 spiro atoms. The van der Waals surface area contributed by atoms with E-state index in [9.17, 15) is 9.00 Å².